The second kappa shape index (κ2) is 5.74. The minimum atomic E-state index is -1.13. The molecule has 0 aromatic carbocycles. The van der Waals surface area contributed by atoms with Crippen LogP contribution >= 0.6 is 11.8 Å². The van der Waals surface area contributed by atoms with E-state index in [1.165, 1.54) is 11.8 Å². The first-order chi connectivity index (χ1) is 7.60. The number of halogens is 1. The first kappa shape index (κ1) is 12.8. The van der Waals surface area contributed by atoms with Crippen LogP contribution in [-0.2, 0) is 19.3 Å². The topological polar surface area (TPSA) is 64.6 Å². The van der Waals surface area contributed by atoms with Crippen molar-refractivity contribution in [2.75, 3.05) is 12.4 Å². The highest BCUT2D eigenvalue weighted by Crippen LogP contribution is 2.25. The third-order valence-electron chi connectivity index (χ3n) is 1.98. The van der Waals surface area contributed by atoms with Gasteiger partial charge in [0.25, 0.3) is 0 Å². The molecular weight excluding hydrogens is 237 g/mol. The molecule has 0 fully saturated rings. The third-order valence-corrected chi connectivity index (χ3v) is 3.12. The van der Waals surface area contributed by atoms with Crippen molar-refractivity contribution in [3.05, 3.63) is 10.6 Å². The van der Waals surface area contributed by atoms with Crippen LogP contribution in [-0.4, -0.2) is 30.3 Å². The zero-order valence-electron chi connectivity index (χ0n) is 8.91. The number of thioether (sulfide) groups is 1. The van der Waals surface area contributed by atoms with Crippen LogP contribution in [0.2, 0.25) is 0 Å². The summed E-state index contributed by atoms with van der Waals surface area (Å²) in [5.41, 5.74) is -0.0307. The van der Waals surface area contributed by atoms with Crippen molar-refractivity contribution in [2.45, 2.75) is 19.9 Å². The van der Waals surface area contributed by atoms with Crippen LogP contribution in [0.25, 0.3) is 0 Å². The van der Waals surface area contributed by atoms with Gasteiger partial charge in [-0.25, -0.2) is 14.5 Å². The fourth-order valence-corrected chi connectivity index (χ4v) is 2.13. The van der Waals surface area contributed by atoms with Crippen LogP contribution in [0.1, 0.15) is 13.8 Å². The molecule has 0 aliphatic carbocycles. The van der Waals surface area contributed by atoms with E-state index in [4.69, 9.17) is 4.74 Å². The molecule has 1 heterocycles. The second-order valence-electron chi connectivity index (χ2n) is 3.06. The molecule has 0 radical (unpaired) electrons. The van der Waals surface area contributed by atoms with E-state index in [2.05, 4.69) is 10.3 Å². The van der Waals surface area contributed by atoms with E-state index in [0.717, 1.165) is 0 Å². The molecule has 0 aromatic heterocycles. The number of esters is 1. The van der Waals surface area contributed by atoms with Crippen molar-refractivity contribution in [1.82, 2.24) is 5.32 Å². The summed E-state index contributed by atoms with van der Waals surface area (Å²) >= 11 is 1.28. The van der Waals surface area contributed by atoms with E-state index >= 15 is 0 Å². The summed E-state index contributed by atoms with van der Waals surface area (Å²) in [6.45, 7) is 3.59. The highest BCUT2D eigenvalue weighted by Gasteiger charge is 2.30. The molecule has 90 valence electrons. The Bertz CT molecular complexity index is 331. The fraction of sp³-hybridized carbons (Fsp3) is 0.556. The van der Waals surface area contributed by atoms with Crippen molar-refractivity contribution in [2.24, 2.45) is 0 Å². The molecule has 1 rings (SSSR count). The van der Waals surface area contributed by atoms with Gasteiger partial charge in [0.05, 0.1) is 6.61 Å². The standard InChI is InChI=1S/C9H12FNO4S/c1-3-14-8(12)6-4-16-5(2)7(11-6)9(13)15-10/h6,11H,3-4H2,1-2H3/t6-/m0/s1. The van der Waals surface area contributed by atoms with Crippen LogP contribution in [0.3, 0.4) is 0 Å². The van der Waals surface area contributed by atoms with Crippen molar-refractivity contribution >= 4 is 23.7 Å². The lowest BCUT2D eigenvalue weighted by molar-refractivity contribution is -0.178. The molecule has 0 aromatic rings. The minimum absolute atomic E-state index is 0.0307. The Balaban J connectivity index is 2.72. The summed E-state index contributed by atoms with van der Waals surface area (Å²) in [6.07, 6.45) is 0. The first-order valence-electron chi connectivity index (χ1n) is 4.69. The van der Waals surface area contributed by atoms with Gasteiger partial charge in [-0.3, -0.25) is 0 Å². The lowest BCUT2D eigenvalue weighted by Crippen LogP contribution is -2.44. The summed E-state index contributed by atoms with van der Waals surface area (Å²) < 4.78 is 16.6. The molecule has 0 saturated carbocycles. The van der Waals surface area contributed by atoms with Crippen molar-refractivity contribution in [3.63, 3.8) is 0 Å². The molecule has 0 unspecified atom stereocenters. The molecule has 0 spiro atoms. The van der Waals surface area contributed by atoms with Crippen LogP contribution in [0, 0.1) is 0 Å². The largest absolute Gasteiger partial charge is 0.464 e. The monoisotopic (exact) mass is 249 g/mol. The van der Waals surface area contributed by atoms with Gasteiger partial charge in [-0.05, 0) is 13.8 Å². The Morgan fingerprint density at radius 3 is 2.88 bits per heavy atom. The maximum atomic E-state index is 11.8. The molecule has 0 bridgehead atoms. The fourth-order valence-electron chi connectivity index (χ4n) is 1.21. The van der Waals surface area contributed by atoms with Gasteiger partial charge in [-0.2, -0.15) is 0 Å². The highest BCUT2D eigenvalue weighted by molar-refractivity contribution is 8.03. The van der Waals surface area contributed by atoms with E-state index < -0.39 is 18.0 Å². The predicted octanol–water partition coefficient (Wildman–Crippen LogP) is 0.914. The maximum Gasteiger partial charge on any atom is 0.396 e. The lowest BCUT2D eigenvalue weighted by atomic mass is 10.3. The van der Waals surface area contributed by atoms with Gasteiger partial charge in [-0.1, -0.05) is 0 Å². The zero-order chi connectivity index (χ0) is 12.1. The summed E-state index contributed by atoms with van der Waals surface area (Å²) in [6, 6.07) is -0.650. The summed E-state index contributed by atoms with van der Waals surface area (Å²) in [5, 5.41) is 2.61. The van der Waals surface area contributed by atoms with Gasteiger partial charge >= 0.3 is 11.9 Å². The average molecular weight is 249 g/mol. The van der Waals surface area contributed by atoms with Crippen molar-refractivity contribution in [3.8, 4) is 0 Å². The van der Waals surface area contributed by atoms with Gasteiger partial charge in [0.15, 0.2) is 0 Å². The molecule has 5 nitrogen and oxygen atoms in total. The SMILES string of the molecule is CCOC(=O)[C@@H]1CSC(C)=C(C(=O)OF)N1. The number of rotatable bonds is 3. The van der Waals surface area contributed by atoms with Gasteiger partial charge < -0.3 is 10.1 Å². The zero-order valence-corrected chi connectivity index (χ0v) is 9.73. The number of ether oxygens (including phenoxy) is 1. The Morgan fingerprint density at radius 2 is 2.31 bits per heavy atom. The lowest BCUT2D eigenvalue weighted by Gasteiger charge is -2.24. The maximum absolute atomic E-state index is 11.8. The molecule has 0 amide bonds. The molecule has 1 atom stereocenters. The number of hydrogen-bond donors (Lipinski definition) is 1. The van der Waals surface area contributed by atoms with Crippen molar-refractivity contribution < 1.29 is 23.8 Å². The Labute approximate surface area is 96.3 Å². The normalized spacial score (nSPS) is 20.1. The van der Waals surface area contributed by atoms with Gasteiger partial charge in [0, 0.05) is 15.2 Å². The molecule has 0 saturated heterocycles. The Kier molecular flexibility index (Phi) is 4.60. The van der Waals surface area contributed by atoms with Crippen molar-refractivity contribution in [1.29, 1.82) is 0 Å². The molecule has 1 aliphatic rings. The van der Waals surface area contributed by atoms with E-state index in [1.807, 2.05) is 0 Å². The van der Waals surface area contributed by atoms with Crippen LogP contribution < -0.4 is 5.32 Å². The van der Waals surface area contributed by atoms with Gasteiger partial charge in [-0.15, -0.1) is 11.8 Å². The second-order valence-corrected chi connectivity index (χ2v) is 4.29. The average Bonchev–Trinajstić information content (AvgIpc) is 2.29. The molecular formula is C9H12FNO4S. The highest BCUT2D eigenvalue weighted by atomic mass is 32.2. The smallest absolute Gasteiger partial charge is 0.396 e. The summed E-state index contributed by atoms with van der Waals surface area (Å²) in [7, 11) is 0. The van der Waals surface area contributed by atoms with E-state index in [9.17, 15) is 14.1 Å². The first-order valence-corrected chi connectivity index (χ1v) is 5.68. The van der Waals surface area contributed by atoms with Gasteiger partial charge in [0.1, 0.15) is 11.7 Å². The van der Waals surface area contributed by atoms with Gasteiger partial charge in [0.2, 0.25) is 0 Å². The molecule has 1 N–H and O–H groups in total. The third kappa shape index (κ3) is 2.88. The number of carbonyl (C=O) groups excluding carboxylic acids is 2. The van der Waals surface area contributed by atoms with Crippen LogP contribution in [0.15, 0.2) is 10.6 Å². The number of allylic oxidation sites excluding steroid dienone is 1. The van der Waals surface area contributed by atoms with E-state index in [0.29, 0.717) is 10.7 Å². The number of nitrogens with one attached hydrogen (secondary N) is 1. The minimum Gasteiger partial charge on any atom is -0.464 e. The Morgan fingerprint density at radius 1 is 1.62 bits per heavy atom. The summed E-state index contributed by atoms with van der Waals surface area (Å²) in [5.74, 6) is -1.15. The molecule has 7 heteroatoms. The Hall–Kier alpha value is -1.24. The number of hydrogen-bond acceptors (Lipinski definition) is 6. The van der Waals surface area contributed by atoms with Crippen LogP contribution in [0.5, 0.6) is 0 Å². The summed E-state index contributed by atoms with van der Waals surface area (Å²) in [4.78, 5) is 26.1. The van der Waals surface area contributed by atoms with E-state index in [1.54, 1.807) is 13.8 Å². The molecule has 1 aliphatic heterocycles. The quantitative estimate of drug-likeness (QED) is 0.750. The van der Waals surface area contributed by atoms with Crippen LogP contribution in [0.4, 0.5) is 4.53 Å². The number of carbonyl (C=O) groups is 2. The van der Waals surface area contributed by atoms with E-state index in [-0.39, 0.29) is 12.3 Å². The predicted molar refractivity (Wildman–Crippen MR) is 55.9 cm³/mol. The molecule has 16 heavy (non-hydrogen) atoms.